The lowest BCUT2D eigenvalue weighted by molar-refractivity contribution is -0.462. The second-order valence-electron chi connectivity index (χ2n) is 4.23. The van der Waals surface area contributed by atoms with E-state index in [2.05, 4.69) is 4.99 Å². The maximum Gasteiger partial charge on any atom is 0.337 e. The fourth-order valence-corrected chi connectivity index (χ4v) is 1.84. The maximum atomic E-state index is 11.3. The Hall–Kier alpha value is -3.02. The van der Waals surface area contributed by atoms with Crippen molar-refractivity contribution in [3.63, 3.8) is 0 Å². The highest BCUT2D eigenvalue weighted by molar-refractivity contribution is 5.95. The summed E-state index contributed by atoms with van der Waals surface area (Å²) >= 11 is 0. The average molecular weight is 284 g/mol. The van der Waals surface area contributed by atoms with Crippen LogP contribution in [0.3, 0.4) is 0 Å². The highest BCUT2D eigenvalue weighted by Crippen LogP contribution is 2.26. The number of aliphatic imine (C=N–C) groups is 1. The number of hydrogen-bond acceptors (Lipinski definition) is 4. The van der Waals surface area contributed by atoms with E-state index in [1.807, 2.05) is 30.3 Å². The Balaban J connectivity index is 2.38. The van der Waals surface area contributed by atoms with E-state index in [9.17, 15) is 20.0 Å². The summed E-state index contributed by atoms with van der Waals surface area (Å²) in [6.45, 7) is -0.445. The summed E-state index contributed by atoms with van der Waals surface area (Å²) in [6, 6.07) is 14.1. The summed E-state index contributed by atoms with van der Waals surface area (Å²) in [5, 5.41) is 19.5. The average Bonchev–Trinajstić information content (AvgIpc) is 2.48. The third-order valence-corrected chi connectivity index (χ3v) is 2.80. The van der Waals surface area contributed by atoms with Crippen LogP contribution in [0.2, 0.25) is 0 Å². The molecule has 0 aliphatic heterocycles. The molecule has 0 radical (unpaired) electrons. The Morgan fingerprint density at radius 2 is 1.90 bits per heavy atom. The van der Waals surface area contributed by atoms with Gasteiger partial charge in [0.1, 0.15) is 0 Å². The van der Waals surface area contributed by atoms with Crippen molar-refractivity contribution in [2.75, 3.05) is 6.54 Å². The molecule has 2 aromatic carbocycles. The number of nitro groups is 1. The van der Waals surface area contributed by atoms with E-state index < -0.39 is 17.4 Å². The minimum absolute atomic E-state index is 0.0101. The van der Waals surface area contributed by atoms with Crippen molar-refractivity contribution in [3.8, 4) is 11.1 Å². The molecule has 0 aliphatic rings. The van der Waals surface area contributed by atoms with Gasteiger partial charge in [-0.25, -0.2) is 4.79 Å². The normalized spacial score (nSPS) is 10.7. The smallest absolute Gasteiger partial charge is 0.337 e. The molecule has 2 rings (SSSR count). The first-order valence-electron chi connectivity index (χ1n) is 6.15. The van der Waals surface area contributed by atoms with Crippen molar-refractivity contribution in [2.45, 2.75) is 0 Å². The van der Waals surface area contributed by atoms with Crippen molar-refractivity contribution >= 4 is 17.9 Å². The Bertz CT molecular complexity index is 696. The lowest BCUT2D eigenvalue weighted by atomic mass is 10.0. The van der Waals surface area contributed by atoms with Crippen LogP contribution in [0.15, 0.2) is 53.5 Å². The molecule has 21 heavy (non-hydrogen) atoms. The van der Waals surface area contributed by atoms with Crippen molar-refractivity contribution in [1.29, 1.82) is 0 Å². The Morgan fingerprint density at radius 1 is 1.19 bits per heavy atom. The summed E-state index contributed by atoms with van der Waals surface area (Å²) in [5.74, 6) is -1.12. The molecular weight excluding hydrogens is 272 g/mol. The summed E-state index contributed by atoms with van der Waals surface area (Å²) < 4.78 is 0. The third kappa shape index (κ3) is 3.73. The fraction of sp³-hybridized carbons (Fsp3) is 0.0667. The molecule has 0 bridgehead atoms. The van der Waals surface area contributed by atoms with Crippen LogP contribution in [-0.2, 0) is 0 Å². The van der Waals surface area contributed by atoms with Gasteiger partial charge in [0, 0.05) is 4.92 Å². The number of rotatable bonds is 5. The predicted octanol–water partition coefficient (Wildman–Crippen LogP) is 3.03. The van der Waals surface area contributed by atoms with E-state index in [1.165, 1.54) is 6.07 Å². The molecular formula is C15H12N2O4. The number of carboxylic acids is 1. The highest BCUT2D eigenvalue weighted by Gasteiger charge is 2.11. The Kier molecular flexibility index (Phi) is 4.40. The van der Waals surface area contributed by atoms with Gasteiger partial charge in [0.15, 0.2) is 0 Å². The molecule has 0 aliphatic carbocycles. The SMILES string of the molecule is O=C(O)c1cc(-c2ccccc2)ccc1N=CC[N+](=O)[O-]. The first-order chi connectivity index (χ1) is 10.1. The standard InChI is InChI=1S/C15H12N2O4/c18-15(19)13-10-12(11-4-2-1-3-5-11)6-7-14(13)16-8-9-17(20)21/h1-8,10H,9H2,(H,18,19). The molecule has 0 amide bonds. The topological polar surface area (TPSA) is 92.8 Å². The molecule has 0 saturated carbocycles. The maximum absolute atomic E-state index is 11.3. The Morgan fingerprint density at radius 3 is 2.52 bits per heavy atom. The van der Waals surface area contributed by atoms with Crippen molar-refractivity contribution in [2.24, 2.45) is 4.99 Å². The van der Waals surface area contributed by atoms with Gasteiger partial charge in [-0.05, 0) is 23.3 Å². The second kappa shape index (κ2) is 6.42. The van der Waals surface area contributed by atoms with Crippen LogP contribution in [0.25, 0.3) is 11.1 Å². The minimum atomic E-state index is -1.12. The zero-order valence-corrected chi connectivity index (χ0v) is 11.0. The first kappa shape index (κ1) is 14.4. The lowest BCUT2D eigenvalue weighted by Crippen LogP contribution is -2.02. The van der Waals surface area contributed by atoms with Crippen LogP contribution < -0.4 is 0 Å². The summed E-state index contributed by atoms with van der Waals surface area (Å²) in [7, 11) is 0. The van der Waals surface area contributed by atoms with Gasteiger partial charge in [0.2, 0.25) is 6.54 Å². The van der Waals surface area contributed by atoms with Crippen LogP contribution in [0, 0.1) is 10.1 Å². The first-order valence-corrected chi connectivity index (χ1v) is 6.15. The van der Waals surface area contributed by atoms with Gasteiger partial charge in [-0.2, -0.15) is 0 Å². The molecule has 6 heteroatoms. The van der Waals surface area contributed by atoms with E-state index in [-0.39, 0.29) is 11.3 Å². The molecule has 0 unspecified atom stereocenters. The van der Waals surface area contributed by atoms with Gasteiger partial charge < -0.3 is 5.11 Å². The van der Waals surface area contributed by atoms with E-state index in [1.54, 1.807) is 12.1 Å². The van der Waals surface area contributed by atoms with Crippen molar-refractivity contribution in [1.82, 2.24) is 0 Å². The zero-order chi connectivity index (χ0) is 15.2. The largest absolute Gasteiger partial charge is 0.478 e. The van der Waals surface area contributed by atoms with Gasteiger partial charge in [0.05, 0.1) is 17.5 Å². The van der Waals surface area contributed by atoms with Crippen LogP contribution in [0.5, 0.6) is 0 Å². The fourth-order valence-electron chi connectivity index (χ4n) is 1.84. The molecule has 106 valence electrons. The second-order valence-corrected chi connectivity index (χ2v) is 4.23. The van der Waals surface area contributed by atoms with Crippen molar-refractivity contribution in [3.05, 3.63) is 64.2 Å². The number of nitrogens with zero attached hydrogens (tertiary/aromatic N) is 2. The summed E-state index contributed by atoms with van der Waals surface area (Å²) in [5.41, 5.74) is 1.85. The molecule has 1 N–H and O–H groups in total. The minimum Gasteiger partial charge on any atom is -0.478 e. The molecule has 6 nitrogen and oxygen atoms in total. The molecule has 0 saturated heterocycles. The van der Waals surface area contributed by atoms with E-state index >= 15 is 0 Å². The molecule has 0 spiro atoms. The van der Waals surface area contributed by atoms with E-state index in [0.29, 0.717) is 0 Å². The predicted molar refractivity (Wildman–Crippen MR) is 78.9 cm³/mol. The monoisotopic (exact) mass is 284 g/mol. The highest BCUT2D eigenvalue weighted by atomic mass is 16.6. The molecule has 0 atom stereocenters. The van der Waals surface area contributed by atoms with Crippen LogP contribution >= 0.6 is 0 Å². The molecule has 0 aromatic heterocycles. The zero-order valence-electron chi connectivity index (χ0n) is 11.0. The number of hydrogen-bond donors (Lipinski definition) is 1. The number of benzene rings is 2. The van der Waals surface area contributed by atoms with E-state index in [4.69, 9.17) is 0 Å². The van der Waals surface area contributed by atoms with Gasteiger partial charge in [-0.1, -0.05) is 36.4 Å². The molecule has 0 heterocycles. The van der Waals surface area contributed by atoms with Crippen molar-refractivity contribution < 1.29 is 14.8 Å². The van der Waals surface area contributed by atoms with Crippen LogP contribution in [0.1, 0.15) is 10.4 Å². The Labute approximate surface area is 120 Å². The van der Waals surface area contributed by atoms with Gasteiger partial charge in [-0.3, -0.25) is 15.1 Å². The number of aromatic carboxylic acids is 1. The molecule has 0 fully saturated rings. The van der Waals surface area contributed by atoms with Gasteiger partial charge in [-0.15, -0.1) is 0 Å². The molecule has 2 aromatic rings. The van der Waals surface area contributed by atoms with Crippen LogP contribution in [-0.4, -0.2) is 28.8 Å². The summed E-state index contributed by atoms with van der Waals surface area (Å²) in [6.07, 6.45) is 1.09. The van der Waals surface area contributed by atoms with Crippen LogP contribution in [0.4, 0.5) is 5.69 Å². The van der Waals surface area contributed by atoms with E-state index in [0.717, 1.165) is 17.3 Å². The quantitative estimate of drug-likeness (QED) is 0.519. The number of carboxylic acid groups (broad SMARTS) is 1. The lowest BCUT2D eigenvalue weighted by Gasteiger charge is -2.05. The third-order valence-electron chi connectivity index (χ3n) is 2.80. The van der Waals surface area contributed by atoms with Gasteiger partial charge >= 0.3 is 5.97 Å². The number of carbonyl (C=O) groups is 1. The van der Waals surface area contributed by atoms with Gasteiger partial charge in [0.25, 0.3) is 0 Å². The summed E-state index contributed by atoms with van der Waals surface area (Å²) in [4.78, 5) is 24.9.